The van der Waals surface area contributed by atoms with Gasteiger partial charge in [-0.15, -0.1) is 0 Å². The molecule has 3 aromatic rings. The van der Waals surface area contributed by atoms with E-state index in [2.05, 4.69) is 10.6 Å². The van der Waals surface area contributed by atoms with Gasteiger partial charge in [0.15, 0.2) is 0 Å². The van der Waals surface area contributed by atoms with Crippen molar-refractivity contribution in [3.63, 3.8) is 0 Å². The van der Waals surface area contributed by atoms with Crippen LogP contribution in [0.25, 0.3) is 11.0 Å². The molecule has 142 valence electrons. The molecule has 6 heteroatoms. The summed E-state index contributed by atoms with van der Waals surface area (Å²) in [5.74, 6) is 2.10. The minimum absolute atomic E-state index is 0.266. The number of nitrogens with one attached hydrogen (secondary N) is 2. The first-order chi connectivity index (χ1) is 13.0. The van der Waals surface area contributed by atoms with Crippen LogP contribution in [-0.2, 0) is 0 Å². The molecule has 0 spiro atoms. The van der Waals surface area contributed by atoms with Crippen LogP contribution in [0, 0.1) is 0 Å². The number of hydrogen-bond donors (Lipinski definition) is 2. The van der Waals surface area contributed by atoms with Crippen molar-refractivity contribution in [1.82, 2.24) is 10.6 Å². The van der Waals surface area contributed by atoms with E-state index < -0.39 is 0 Å². The van der Waals surface area contributed by atoms with Crippen molar-refractivity contribution in [3.05, 3.63) is 59.9 Å². The molecule has 0 bridgehead atoms. The first-order valence-electron chi connectivity index (χ1n) is 8.79. The second kappa shape index (κ2) is 8.03. The molecule has 0 fully saturated rings. The van der Waals surface area contributed by atoms with Crippen LogP contribution < -0.4 is 20.1 Å². The van der Waals surface area contributed by atoms with Crippen molar-refractivity contribution < 1.29 is 18.7 Å². The Morgan fingerprint density at radius 2 is 1.70 bits per heavy atom. The predicted molar refractivity (Wildman–Crippen MR) is 104 cm³/mol. The van der Waals surface area contributed by atoms with Gasteiger partial charge in [-0.3, -0.25) is 0 Å². The second-order valence-corrected chi connectivity index (χ2v) is 6.36. The summed E-state index contributed by atoms with van der Waals surface area (Å²) in [6.07, 6.45) is 0. The van der Waals surface area contributed by atoms with Gasteiger partial charge in [-0.05, 0) is 44.2 Å². The summed E-state index contributed by atoms with van der Waals surface area (Å²) < 4.78 is 16.5. The maximum absolute atomic E-state index is 12.4. The number of ether oxygens (including phenoxy) is 2. The minimum atomic E-state index is -0.291. The molecule has 0 aliphatic carbocycles. The van der Waals surface area contributed by atoms with E-state index in [1.807, 2.05) is 62.4 Å². The molecule has 2 atom stereocenters. The van der Waals surface area contributed by atoms with Crippen LogP contribution in [0.2, 0.25) is 0 Å². The minimum Gasteiger partial charge on any atom is -0.497 e. The van der Waals surface area contributed by atoms with Gasteiger partial charge < -0.3 is 24.5 Å². The van der Waals surface area contributed by atoms with Gasteiger partial charge in [0.1, 0.15) is 22.8 Å². The number of urea groups is 1. The molecular weight excluding hydrogens is 344 g/mol. The Balaban J connectivity index is 1.68. The van der Waals surface area contributed by atoms with Crippen LogP contribution in [0.3, 0.4) is 0 Å². The van der Waals surface area contributed by atoms with Crippen LogP contribution in [0.1, 0.15) is 37.3 Å². The zero-order valence-corrected chi connectivity index (χ0v) is 15.9. The maximum atomic E-state index is 12.4. The smallest absolute Gasteiger partial charge is 0.315 e. The highest BCUT2D eigenvalue weighted by Gasteiger charge is 2.18. The van der Waals surface area contributed by atoms with Gasteiger partial charge in [0.25, 0.3) is 0 Å². The first-order valence-corrected chi connectivity index (χ1v) is 8.79. The Morgan fingerprint density at radius 3 is 2.41 bits per heavy atom. The SMILES string of the molecule is COc1ccc(OC)c([C@H](C)NC(=O)N[C@H](C)c2cc3ccccc3o2)c1. The topological polar surface area (TPSA) is 72.7 Å². The number of furan rings is 1. The highest BCUT2D eigenvalue weighted by molar-refractivity contribution is 5.78. The van der Waals surface area contributed by atoms with Crippen LogP contribution in [0.15, 0.2) is 52.9 Å². The highest BCUT2D eigenvalue weighted by Crippen LogP contribution is 2.29. The number of rotatable bonds is 6. The molecule has 0 radical (unpaired) electrons. The third-order valence-electron chi connectivity index (χ3n) is 4.47. The fourth-order valence-corrected chi connectivity index (χ4v) is 2.98. The van der Waals surface area contributed by atoms with Gasteiger partial charge in [-0.1, -0.05) is 18.2 Å². The van der Waals surface area contributed by atoms with Crippen molar-refractivity contribution in [2.45, 2.75) is 25.9 Å². The lowest BCUT2D eigenvalue weighted by Crippen LogP contribution is -2.38. The zero-order chi connectivity index (χ0) is 19.4. The Morgan fingerprint density at radius 1 is 0.963 bits per heavy atom. The van der Waals surface area contributed by atoms with Gasteiger partial charge >= 0.3 is 6.03 Å². The van der Waals surface area contributed by atoms with Gasteiger partial charge in [0.2, 0.25) is 0 Å². The Hall–Kier alpha value is -3.15. The summed E-state index contributed by atoms with van der Waals surface area (Å²) in [5.41, 5.74) is 1.64. The number of methoxy groups -OCH3 is 2. The van der Waals surface area contributed by atoms with Crippen LogP contribution in [-0.4, -0.2) is 20.3 Å². The standard InChI is InChI=1S/C21H24N2O4/c1-13(17-12-16(25-3)9-10-19(17)26-4)22-21(24)23-14(2)20-11-15-7-5-6-8-18(15)27-20/h5-14H,1-4H3,(H2,22,23,24)/t13-,14+/m0/s1. The van der Waals surface area contributed by atoms with Crippen molar-refractivity contribution in [1.29, 1.82) is 0 Å². The molecule has 3 rings (SSSR count). The fourth-order valence-electron chi connectivity index (χ4n) is 2.98. The van der Waals surface area contributed by atoms with Crippen molar-refractivity contribution >= 4 is 17.0 Å². The van der Waals surface area contributed by atoms with E-state index in [-0.39, 0.29) is 18.1 Å². The number of fused-ring (bicyclic) bond motifs is 1. The Labute approximate surface area is 158 Å². The van der Waals surface area contributed by atoms with Gasteiger partial charge in [-0.2, -0.15) is 0 Å². The van der Waals surface area contributed by atoms with Crippen LogP contribution in [0.5, 0.6) is 11.5 Å². The summed E-state index contributed by atoms with van der Waals surface area (Å²) in [4.78, 5) is 12.4. The monoisotopic (exact) mass is 368 g/mol. The van der Waals surface area contributed by atoms with Gasteiger partial charge in [-0.25, -0.2) is 4.79 Å². The lowest BCUT2D eigenvalue weighted by molar-refractivity contribution is 0.233. The van der Waals surface area contributed by atoms with E-state index >= 15 is 0 Å². The molecule has 1 heterocycles. The summed E-state index contributed by atoms with van der Waals surface area (Å²) in [7, 11) is 3.20. The zero-order valence-electron chi connectivity index (χ0n) is 15.9. The van der Waals surface area contributed by atoms with Crippen molar-refractivity contribution in [3.8, 4) is 11.5 Å². The molecule has 2 N–H and O–H groups in total. The number of carbonyl (C=O) groups is 1. The average Bonchev–Trinajstić information content (AvgIpc) is 3.11. The van der Waals surface area contributed by atoms with Crippen molar-refractivity contribution in [2.75, 3.05) is 14.2 Å². The molecule has 0 saturated heterocycles. The summed E-state index contributed by atoms with van der Waals surface area (Å²) in [6, 6.07) is 14.4. The molecule has 27 heavy (non-hydrogen) atoms. The number of amides is 2. The normalized spacial score (nSPS) is 13.0. The quantitative estimate of drug-likeness (QED) is 0.668. The van der Waals surface area contributed by atoms with E-state index in [4.69, 9.17) is 13.9 Å². The average molecular weight is 368 g/mol. The molecule has 0 aliphatic heterocycles. The second-order valence-electron chi connectivity index (χ2n) is 6.36. The third kappa shape index (κ3) is 4.16. The lowest BCUT2D eigenvalue weighted by atomic mass is 10.1. The first kappa shape index (κ1) is 18.6. The predicted octanol–water partition coefficient (Wildman–Crippen LogP) is 4.57. The molecule has 2 aromatic carbocycles. The Bertz CT molecular complexity index is 902. The molecule has 0 saturated carbocycles. The molecular formula is C21H24N2O4. The van der Waals surface area contributed by atoms with Gasteiger partial charge in [0.05, 0.1) is 26.3 Å². The summed E-state index contributed by atoms with van der Waals surface area (Å²) >= 11 is 0. The van der Waals surface area contributed by atoms with Crippen molar-refractivity contribution in [2.24, 2.45) is 0 Å². The summed E-state index contributed by atoms with van der Waals surface area (Å²) in [5, 5.41) is 6.85. The number of benzene rings is 2. The fraction of sp³-hybridized carbons (Fsp3) is 0.286. The van der Waals surface area contributed by atoms with E-state index in [9.17, 15) is 4.79 Å². The number of carbonyl (C=O) groups excluding carboxylic acids is 1. The number of hydrogen-bond acceptors (Lipinski definition) is 4. The maximum Gasteiger partial charge on any atom is 0.315 e. The van der Waals surface area contributed by atoms with Gasteiger partial charge in [0, 0.05) is 10.9 Å². The van der Waals surface area contributed by atoms with Crippen LogP contribution in [0.4, 0.5) is 4.79 Å². The molecule has 0 unspecified atom stereocenters. The summed E-state index contributed by atoms with van der Waals surface area (Å²) in [6.45, 7) is 3.77. The number of para-hydroxylation sites is 1. The highest BCUT2D eigenvalue weighted by atomic mass is 16.5. The third-order valence-corrected chi connectivity index (χ3v) is 4.47. The lowest BCUT2D eigenvalue weighted by Gasteiger charge is -2.20. The molecule has 6 nitrogen and oxygen atoms in total. The van der Waals surface area contributed by atoms with E-state index in [1.54, 1.807) is 14.2 Å². The molecule has 1 aromatic heterocycles. The Kier molecular flexibility index (Phi) is 5.54. The van der Waals surface area contributed by atoms with Crippen LogP contribution >= 0.6 is 0 Å². The molecule has 0 aliphatic rings. The van der Waals surface area contributed by atoms with E-state index in [1.165, 1.54) is 0 Å². The largest absolute Gasteiger partial charge is 0.497 e. The van der Waals surface area contributed by atoms with E-state index in [0.717, 1.165) is 16.5 Å². The molecule has 2 amide bonds. The van der Waals surface area contributed by atoms with E-state index in [0.29, 0.717) is 17.3 Å².